The molecule has 0 bridgehead atoms. The monoisotopic (exact) mass is 439 g/mol. The van der Waals surface area contributed by atoms with Crippen molar-refractivity contribution in [2.75, 3.05) is 13.1 Å². The Morgan fingerprint density at radius 1 is 1.06 bits per heavy atom. The number of carbonyl (C=O) groups is 1. The largest absolute Gasteiger partial charge is 0.349 e. The molecule has 1 aliphatic carbocycles. The lowest BCUT2D eigenvalue weighted by Crippen LogP contribution is -2.29. The van der Waals surface area contributed by atoms with Crippen LogP contribution in [-0.2, 0) is 28.3 Å². The van der Waals surface area contributed by atoms with Crippen molar-refractivity contribution in [3.05, 3.63) is 70.8 Å². The summed E-state index contributed by atoms with van der Waals surface area (Å²) in [5, 5.41) is 3.13. The standard InChI is InChI=1S/C24H29N3O3S/c28-24(16-23(26-31(29)30)18-8-3-1-4-9-18)25-22-13-12-20-19(10-7-11-21(20)22)17-27-14-5-2-6-15-27/h1,3-4,7-11,22-23H,2,5-6,12-17H2,(H,25,28). The van der Waals surface area contributed by atoms with Crippen LogP contribution in [0.25, 0.3) is 0 Å². The summed E-state index contributed by atoms with van der Waals surface area (Å²) in [6.45, 7) is 3.30. The lowest BCUT2D eigenvalue weighted by Gasteiger charge is -2.27. The van der Waals surface area contributed by atoms with Crippen LogP contribution >= 0.6 is 0 Å². The van der Waals surface area contributed by atoms with Gasteiger partial charge in [-0.25, -0.2) is 0 Å². The Balaban J connectivity index is 1.44. The molecule has 1 saturated heterocycles. The fraction of sp³-hybridized carbons (Fsp3) is 0.458. The molecule has 2 aliphatic rings. The van der Waals surface area contributed by atoms with Crippen molar-refractivity contribution in [2.45, 2.75) is 57.2 Å². The highest BCUT2D eigenvalue weighted by atomic mass is 32.2. The first-order valence-corrected chi connectivity index (χ1v) is 12.1. The molecule has 164 valence electrons. The summed E-state index contributed by atoms with van der Waals surface area (Å²) in [4.78, 5) is 15.3. The lowest BCUT2D eigenvalue weighted by molar-refractivity contribution is -0.122. The highest BCUT2D eigenvalue weighted by Gasteiger charge is 2.27. The van der Waals surface area contributed by atoms with Crippen molar-refractivity contribution in [3.8, 4) is 0 Å². The zero-order valence-electron chi connectivity index (χ0n) is 17.7. The zero-order valence-corrected chi connectivity index (χ0v) is 18.5. The normalized spacial score (nSPS) is 19.4. The molecule has 2 aromatic rings. The Morgan fingerprint density at radius 2 is 1.84 bits per heavy atom. The van der Waals surface area contributed by atoms with E-state index in [1.165, 1.54) is 36.0 Å². The minimum absolute atomic E-state index is 0.0112. The van der Waals surface area contributed by atoms with Crippen LogP contribution in [0.2, 0.25) is 0 Å². The van der Waals surface area contributed by atoms with Crippen LogP contribution in [-0.4, -0.2) is 32.3 Å². The number of amides is 1. The van der Waals surface area contributed by atoms with Gasteiger partial charge in [0.25, 0.3) is 0 Å². The van der Waals surface area contributed by atoms with Gasteiger partial charge in [0.2, 0.25) is 5.91 Å². The second-order valence-corrected chi connectivity index (χ2v) is 9.08. The summed E-state index contributed by atoms with van der Waals surface area (Å²) in [5.74, 6) is -0.178. The molecule has 0 saturated carbocycles. The molecule has 1 aliphatic heterocycles. The molecule has 2 unspecified atom stereocenters. The van der Waals surface area contributed by atoms with Crippen LogP contribution in [0.3, 0.4) is 0 Å². The van der Waals surface area contributed by atoms with Gasteiger partial charge in [-0.1, -0.05) is 55.0 Å². The van der Waals surface area contributed by atoms with Gasteiger partial charge in [-0.2, -0.15) is 12.8 Å². The number of hydrogen-bond acceptors (Lipinski definition) is 5. The summed E-state index contributed by atoms with van der Waals surface area (Å²) in [7, 11) is -2.57. The predicted molar refractivity (Wildman–Crippen MR) is 120 cm³/mol. The first kappa shape index (κ1) is 21.7. The molecule has 0 spiro atoms. The Morgan fingerprint density at radius 3 is 2.58 bits per heavy atom. The number of hydrogen-bond donors (Lipinski definition) is 1. The molecule has 1 amide bonds. The molecule has 31 heavy (non-hydrogen) atoms. The highest BCUT2D eigenvalue weighted by Crippen LogP contribution is 2.34. The molecule has 2 aromatic carbocycles. The van der Waals surface area contributed by atoms with E-state index >= 15 is 0 Å². The Labute approximate surface area is 185 Å². The summed E-state index contributed by atoms with van der Waals surface area (Å²) >= 11 is 0. The quantitative estimate of drug-likeness (QED) is 0.708. The van der Waals surface area contributed by atoms with Gasteiger partial charge in [-0.15, -0.1) is 0 Å². The summed E-state index contributed by atoms with van der Waals surface area (Å²) in [6, 6.07) is 14.8. The minimum Gasteiger partial charge on any atom is -0.349 e. The number of benzene rings is 2. The third-order valence-corrected chi connectivity index (χ3v) is 6.75. The maximum absolute atomic E-state index is 12.8. The van der Waals surface area contributed by atoms with Crippen molar-refractivity contribution in [1.82, 2.24) is 10.2 Å². The molecule has 1 fully saturated rings. The molecule has 0 aromatic heterocycles. The zero-order chi connectivity index (χ0) is 21.6. The molecular formula is C24H29N3O3S. The van der Waals surface area contributed by atoms with Crippen molar-refractivity contribution >= 4 is 16.4 Å². The number of likely N-dealkylation sites (tertiary alicyclic amines) is 1. The number of nitrogens with zero attached hydrogens (tertiary/aromatic N) is 2. The molecule has 0 radical (unpaired) electrons. The second-order valence-electron chi connectivity index (χ2n) is 8.43. The Kier molecular flexibility index (Phi) is 7.14. The first-order valence-electron chi connectivity index (χ1n) is 11.1. The average Bonchev–Trinajstić information content (AvgIpc) is 3.18. The molecule has 7 heteroatoms. The van der Waals surface area contributed by atoms with Gasteiger partial charge in [0, 0.05) is 6.54 Å². The molecule has 6 nitrogen and oxygen atoms in total. The van der Waals surface area contributed by atoms with Crippen LogP contribution in [0.4, 0.5) is 0 Å². The third kappa shape index (κ3) is 5.60. The molecule has 2 atom stereocenters. The van der Waals surface area contributed by atoms with Crippen LogP contribution in [0, 0.1) is 0 Å². The topological polar surface area (TPSA) is 78.8 Å². The van der Waals surface area contributed by atoms with Crippen LogP contribution < -0.4 is 5.32 Å². The van der Waals surface area contributed by atoms with E-state index in [9.17, 15) is 13.2 Å². The number of piperidine rings is 1. The Hall–Kier alpha value is -2.51. The van der Waals surface area contributed by atoms with Crippen LogP contribution in [0.1, 0.15) is 66.4 Å². The molecule has 1 N–H and O–H groups in total. The fourth-order valence-electron chi connectivity index (χ4n) is 4.81. The number of rotatable bonds is 7. The molecule has 1 heterocycles. The maximum atomic E-state index is 12.8. The SMILES string of the molecule is O=C(CC(N=S(=O)=O)c1ccccc1)NC1CCc2c(CN3CCCCC3)cccc21. The number of fused-ring (bicyclic) bond motifs is 1. The summed E-state index contributed by atoms with van der Waals surface area (Å²) < 4.78 is 26.1. The summed E-state index contributed by atoms with van der Waals surface area (Å²) in [5.41, 5.74) is 4.65. The van der Waals surface area contributed by atoms with Gasteiger partial charge in [0.1, 0.15) is 6.04 Å². The van der Waals surface area contributed by atoms with Crippen LogP contribution in [0.5, 0.6) is 0 Å². The number of carbonyl (C=O) groups excluding carboxylic acids is 1. The first-order chi connectivity index (χ1) is 15.1. The van der Waals surface area contributed by atoms with E-state index in [0.717, 1.165) is 38.0 Å². The van der Waals surface area contributed by atoms with E-state index in [0.29, 0.717) is 0 Å². The van der Waals surface area contributed by atoms with E-state index < -0.39 is 16.5 Å². The van der Waals surface area contributed by atoms with Crippen LogP contribution in [0.15, 0.2) is 52.9 Å². The average molecular weight is 440 g/mol. The second kappa shape index (κ2) is 10.2. The number of nitrogens with one attached hydrogen (secondary N) is 1. The van der Waals surface area contributed by atoms with Crippen molar-refractivity contribution < 1.29 is 13.2 Å². The van der Waals surface area contributed by atoms with Crippen molar-refractivity contribution in [2.24, 2.45) is 4.36 Å². The smallest absolute Gasteiger partial charge is 0.311 e. The van der Waals surface area contributed by atoms with Gasteiger partial charge in [-0.3, -0.25) is 9.69 Å². The van der Waals surface area contributed by atoms with E-state index in [4.69, 9.17) is 0 Å². The van der Waals surface area contributed by atoms with Gasteiger partial charge in [0.15, 0.2) is 0 Å². The predicted octanol–water partition coefficient (Wildman–Crippen LogP) is 3.97. The van der Waals surface area contributed by atoms with Gasteiger partial charge >= 0.3 is 10.5 Å². The van der Waals surface area contributed by atoms with Crippen molar-refractivity contribution in [3.63, 3.8) is 0 Å². The van der Waals surface area contributed by atoms with Gasteiger partial charge < -0.3 is 5.32 Å². The van der Waals surface area contributed by atoms with E-state index in [-0.39, 0.29) is 18.4 Å². The summed E-state index contributed by atoms with van der Waals surface area (Å²) in [6.07, 6.45) is 5.72. The van der Waals surface area contributed by atoms with Crippen molar-refractivity contribution in [1.29, 1.82) is 0 Å². The third-order valence-electron chi connectivity index (χ3n) is 6.32. The lowest BCUT2D eigenvalue weighted by atomic mass is 10.0. The molecular weight excluding hydrogens is 410 g/mol. The molecule has 4 rings (SSSR count). The highest BCUT2D eigenvalue weighted by molar-refractivity contribution is 7.61. The van der Waals surface area contributed by atoms with E-state index in [1.54, 1.807) is 12.1 Å². The Bertz CT molecular complexity index is 1040. The maximum Gasteiger partial charge on any atom is 0.311 e. The van der Waals surface area contributed by atoms with E-state index in [2.05, 4.69) is 32.8 Å². The van der Waals surface area contributed by atoms with Gasteiger partial charge in [0.05, 0.1) is 12.5 Å². The van der Waals surface area contributed by atoms with E-state index in [1.807, 2.05) is 18.2 Å². The fourth-order valence-corrected chi connectivity index (χ4v) is 5.21. The minimum atomic E-state index is -2.57. The van der Waals surface area contributed by atoms with Gasteiger partial charge in [-0.05, 0) is 61.0 Å².